The fourth-order valence-electron chi connectivity index (χ4n) is 1.38. The van der Waals surface area contributed by atoms with Gasteiger partial charge in [0.05, 0.1) is 0 Å². The van der Waals surface area contributed by atoms with Crippen molar-refractivity contribution >= 4 is 34.2 Å². The SMILES string of the molecule is CCC[CH2][Sn]([Cl])([Cl])[N](C(C)O)C(C)O. The van der Waals surface area contributed by atoms with Crippen molar-refractivity contribution in [2.24, 2.45) is 0 Å². The molecule has 0 saturated carbocycles. The third-order valence-electron chi connectivity index (χ3n) is 2.01. The van der Waals surface area contributed by atoms with Gasteiger partial charge in [0, 0.05) is 0 Å². The number of aliphatic hydroxyl groups is 2. The molecule has 2 N–H and O–H groups in total. The van der Waals surface area contributed by atoms with E-state index in [4.69, 9.17) is 17.8 Å². The number of nitrogens with zero attached hydrogens (tertiary/aromatic N) is 1. The maximum atomic E-state index is 9.47. The van der Waals surface area contributed by atoms with Gasteiger partial charge in [-0.3, -0.25) is 0 Å². The van der Waals surface area contributed by atoms with E-state index >= 15 is 0 Å². The van der Waals surface area contributed by atoms with Gasteiger partial charge in [0.25, 0.3) is 0 Å². The Morgan fingerprint density at radius 1 is 1.21 bits per heavy atom. The van der Waals surface area contributed by atoms with Gasteiger partial charge in [-0.05, 0) is 0 Å². The molecule has 3 nitrogen and oxygen atoms in total. The van der Waals surface area contributed by atoms with E-state index in [-0.39, 0.29) is 0 Å². The average Bonchev–Trinajstić information content (AvgIpc) is 1.98. The molecule has 0 amide bonds. The van der Waals surface area contributed by atoms with Gasteiger partial charge < -0.3 is 0 Å². The molecule has 0 spiro atoms. The quantitative estimate of drug-likeness (QED) is 0.570. The van der Waals surface area contributed by atoms with Crippen LogP contribution in [0.1, 0.15) is 33.6 Å². The molecule has 0 aliphatic carbocycles. The number of hydrogen-bond acceptors (Lipinski definition) is 3. The van der Waals surface area contributed by atoms with E-state index in [1.165, 1.54) is 3.12 Å². The summed E-state index contributed by atoms with van der Waals surface area (Å²) in [7, 11) is 12.5. The Kier molecular flexibility index (Phi) is 7.37. The van der Waals surface area contributed by atoms with Crippen LogP contribution in [0.2, 0.25) is 4.44 Å². The van der Waals surface area contributed by atoms with Crippen LogP contribution in [0.3, 0.4) is 0 Å². The molecule has 0 aromatic carbocycles. The summed E-state index contributed by atoms with van der Waals surface area (Å²) >= 11 is -3.47. The summed E-state index contributed by atoms with van der Waals surface area (Å²) in [5.74, 6) is 0. The number of unbranched alkanes of at least 4 members (excludes halogenated alkanes) is 1. The Morgan fingerprint density at radius 3 is 1.93 bits per heavy atom. The first-order chi connectivity index (χ1) is 6.33. The molecular weight excluding hydrogens is 332 g/mol. The molecule has 0 bridgehead atoms. The van der Waals surface area contributed by atoms with Gasteiger partial charge in [-0.25, -0.2) is 0 Å². The minimum atomic E-state index is -3.47. The Bertz CT molecular complexity index is 159. The fraction of sp³-hybridized carbons (Fsp3) is 1.00. The summed E-state index contributed by atoms with van der Waals surface area (Å²) in [4.78, 5) is 0. The Hall–Kier alpha value is 1.26. The zero-order chi connectivity index (χ0) is 11.4. The fourth-order valence-corrected chi connectivity index (χ4v) is 13.0. The molecule has 0 aliphatic heterocycles. The molecule has 2 atom stereocenters. The third kappa shape index (κ3) is 4.85. The summed E-state index contributed by atoms with van der Waals surface area (Å²) in [5, 5.41) is 18.9. The number of halogens is 2. The van der Waals surface area contributed by atoms with E-state index in [9.17, 15) is 10.2 Å². The summed E-state index contributed by atoms with van der Waals surface area (Å²) < 4.78 is 2.21. The van der Waals surface area contributed by atoms with Crippen LogP contribution >= 0.6 is 17.8 Å². The minimum absolute atomic E-state index is 0.726. The number of aliphatic hydroxyl groups excluding tert-OH is 2. The van der Waals surface area contributed by atoms with E-state index in [1.807, 2.05) is 0 Å². The zero-order valence-electron chi connectivity index (χ0n) is 8.87. The molecule has 2 unspecified atom stereocenters. The van der Waals surface area contributed by atoms with Gasteiger partial charge in [0.15, 0.2) is 0 Å². The van der Waals surface area contributed by atoms with Crippen LogP contribution in [0.25, 0.3) is 0 Å². The predicted octanol–water partition coefficient (Wildman–Crippen LogP) is 2.18. The van der Waals surface area contributed by atoms with Crippen molar-refractivity contribution < 1.29 is 10.2 Å². The molecular formula is C8H19Cl2NO2Sn. The zero-order valence-corrected chi connectivity index (χ0v) is 13.2. The van der Waals surface area contributed by atoms with Crippen molar-refractivity contribution in [2.75, 3.05) is 0 Å². The van der Waals surface area contributed by atoms with Crippen molar-refractivity contribution in [1.29, 1.82) is 0 Å². The van der Waals surface area contributed by atoms with Gasteiger partial charge >= 0.3 is 98.1 Å². The summed E-state index contributed by atoms with van der Waals surface area (Å²) in [6.45, 7) is 5.22. The summed E-state index contributed by atoms with van der Waals surface area (Å²) in [6, 6.07) is 0. The van der Waals surface area contributed by atoms with Crippen LogP contribution in [-0.2, 0) is 0 Å². The topological polar surface area (TPSA) is 43.7 Å². The third-order valence-corrected chi connectivity index (χ3v) is 14.2. The average molecular weight is 351 g/mol. The van der Waals surface area contributed by atoms with E-state index in [0.29, 0.717) is 0 Å². The maximum absolute atomic E-state index is 9.47. The second-order valence-corrected chi connectivity index (χ2v) is 19.8. The van der Waals surface area contributed by atoms with E-state index in [2.05, 4.69) is 6.92 Å². The predicted molar refractivity (Wildman–Crippen MR) is 62.4 cm³/mol. The molecule has 6 heteroatoms. The Morgan fingerprint density at radius 2 is 1.64 bits per heavy atom. The second kappa shape index (κ2) is 6.76. The number of rotatable bonds is 6. The van der Waals surface area contributed by atoms with Crippen molar-refractivity contribution in [3.63, 3.8) is 0 Å². The van der Waals surface area contributed by atoms with Crippen molar-refractivity contribution in [2.45, 2.75) is 50.5 Å². The van der Waals surface area contributed by atoms with Crippen LogP contribution in [0.5, 0.6) is 0 Å². The first-order valence-corrected chi connectivity index (χ1v) is 15.4. The standard InChI is InChI=1S/C4H10NO2.C4H9.2ClH.Sn/c1-3(6)5-4(2)7;1-3-4-2;;;/h3-4,6-7H,1-2H3;1,3-4H2,2H3;2*1H;/q-1;;;;+3/p-2. The van der Waals surface area contributed by atoms with Crippen molar-refractivity contribution in [1.82, 2.24) is 3.12 Å². The van der Waals surface area contributed by atoms with Crippen LogP contribution in [-0.4, -0.2) is 42.2 Å². The van der Waals surface area contributed by atoms with Crippen LogP contribution < -0.4 is 0 Å². The summed E-state index contributed by atoms with van der Waals surface area (Å²) in [5.41, 5.74) is 0. The van der Waals surface area contributed by atoms with E-state index in [1.54, 1.807) is 13.8 Å². The Balaban J connectivity index is 4.45. The van der Waals surface area contributed by atoms with Gasteiger partial charge in [-0.15, -0.1) is 0 Å². The van der Waals surface area contributed by atoms with E-state index in [0.717, 1.165) is 17.3 Å². The van der Waals surface area contributed by atoms with Crippen LogP contribution in [0.15, 0.2) is 0 Å². The molecule has 0 saturated heterocycles. The summed E-state index contributed by atoms with van der Waals surface area (Å²) in [6.07, 6.45) is 0.403. The van der Waals surface area contributed by atoms with Gasteiger partial charge in [0.2, 0.25) is 0 Å². The first-order valence-electron chi connectivity index (χ1n) is 4.85. The number of hydrogen-bond donors (Lipinski definition) is 2. The van der Waals surface area contributed by atoms with Crippen LogP contribution in [0.4, 0.5) is 0 Å². The molecule has 0 aromatic rings. The monoisotopic (exact) mass is 351 g/mol. The molecule has 0 rings (SSSR count). The molecule has 0 aromatic heterocycles. The van der Waals surface area contributed by atoms with Crippen LogP contribution in [0, 0.1) is 0 Å². The Labute approximate surface area is 97.7 Å². The molecule has 0 aliphatic rings. The van der Waals surface area contributed by atoms with Crippen molar-refractivity contribution in [3.8, 4) is 0 Å². The van der Waals surface area contributed by atoms with Gasteiger partial charge in [0.1, 0.15) is 0 Å². The molecule has 86 valence electrons. The van der Waals surface area contributed by atoms with E-state index < -0.39 is 28.9 Å². The molecule has 14 heavy (non-hydrogen) atoms. The molecule has 0 heterocycles. The second-order valence-electron chi connectivity index (χ2n) is 3.44. The normalized spacial score (nSPS) is 17.1. The van der Waals surface area contributed by atoms with Crippen molar-refractivity contribution in [3.05, 3.63) is 0 Å². The molecule has 0 fully saturated rings. The first kappa shape index (κ1) is 15.3. The van der Waals surface area contributed by atoms with Gasteiger partial charge in [-0.2, -0.15) is 0 Å². The van der Waals surface area contributed by atoms with Gasteiger partial charge in [-0.1, -0.05) is 0 Å². The molecule has 0 radical (unpaired) electrons.